The Labute approximate surface area is 188 Å². The van der Waals surface area contributed by atoms with Crippen LogP contribution in [0.5, 0.6) is 0 Å². The summed E-state index contributed by atoms with van der Waals surface area (Å²) in [4.78, 5) is 5.10. The van der Waals surface area contributed by atoms with Crippen molar-refractivity contribution in [3.05, 3.63) is 35.8 Å². The van der Waals surface area contributed by atoms with Crippen molar-refractivity contribution in [1.82, 2.24) is 9.55 Å². The quantitative estimate of drug-likeness (QED) is 0.565. The van der Waals surface area contributed by atoms with Gasteiger partial charge in [0, 0.05) is 24.2 Å². The van der Waals surface area contributed by atoms with Crippen LogP contribution in [-0.4, -0.2) is 16.1 Å². The van der Waals surface area contributed by atoms with E-state index in [1.807, 2.05) is 13.8 Å². The lowest BCUT2D eigenvalue weighted by Crippen LogP contribution is -2.47. The van der Waals surface area contributed by atoms with Crippen LogP contribution < -0.4 is 16.8 Å². The van der Waals surface area contributed by atoms with Crippen LogP contribution in [0.1, 0.15) is 89.8 Å². The first-order valence-corrected chi connectivity index (χ1v) is 12.5. The van der Waals surface area contributed by atoms with Crippen LogP contribution >= 0.6 is 0 Å². The van der Waals surface area contributed by atoms with Gasteiger partial charge < -0.3 is 21.4 Å². The molecule has 1 aromatic carbocycles. The maximum absolute atomic E-state index is 6.51. The van der Waals surface area contributed by atoms with Crippen molar-refractivity contribution in [2.45, 2.75) is 91.3 Å². The van der Waals surface area contributed by atoms with E-state index in [-0.39, 0.29) is 6.17 Å². The zero-order chi connectivity index (χ0) is 22.1. The van der Waals surface area contributed by atoms with Crippen LogP contribution in [0.15, 0.2) is 24.3 Å². The second-order valence-corrected chi connectivity index (χ2v) is 9.82. The fourth-order valence-corrected chi connectivity index (χ4v) is 5.99. The van der Waals surface area contributed by atoms with Gasteiger partial charge in [-0.25, -0.2) is 4.98 Å². The van der Waals surface area contributed by atoms with Gasteiger partial charge in [-0.05, 0) is 68.4 Å². The monoisotopic (exact) mass is 423 g/mol. The van der Waals surface area contributed by atoms with Gasteiger partial charge in [-0.2, -0.15) is 0 Å². The van der Waals surface area contributed by atoms with E-state index < -0.39 is 0 Å². The number of fused-ring (bicyclic) bond motifs is 6. The lowest BCUT2D eigenvalue weighted by Gasteiger charge is -2.53. The number of anilines is 1. The Morgan fingerprint density at radius 3 is 2.35 bits per heavy atom. The van der Waals surface area contributed by atoms with Crippen molar-refractivity contribution in [3.63, 3.8) is 0 Å². The van der Waals surface area contributed by atoms with Gasteiger partial charge in [0.15, 0.2) is 0 Å². The number of nitrogens with two attached hydrogens (primary N) is 2. The predicted molar refractivity (Wildman–Crippen MR) is 130 cm³/mol. The molecule has 0 spiro atoms. The summed E-state index contributed by atoms with van der Waals surface area (Å²) in [5, 5.41) is 3.45. The summed E-state index contributed by atoms with van der Waals surface area (Å²) in [6.45, 7) is 8.19. The highest BCUT2D eigenvalue weighted by Crippen LogP contribution is 2.57. The van der Waals surface area contributed by atoms with E-state index in [1.165, 1.54) is 68.4 Å². The molecule has 2 aromatic rings. The second kappa shape index (κ2) is 8.95. The van der Waals surface area contributed by atoms with E-state index in [2.05, 4.69) is 41.1 Å². The number of para-hydroxylation sites is 1. The Balaban J connectivity index is 0.00000112. The summed E-state index contributed by atoms with van der Waals surface area (Å²) in [6.07, 6.45) is 10.9. The van der Waals surface area contributed by atoms with Crippen molar-refractivity contribution in [2.24, 2.45) is 22.3 Å². The van der Waals surface area contributed by atoms with Gasteiger partial charge in [-0.1, -0.05) is 45.4 Å². The van der Waals surface area contributed by atoms with Crippen molar-refractivity contribution in [2.75, 3.05) is 11.9 Å². The van der Waals surface area contributed by atoms with Crippen LogP contribution in [-0.2, 0) is 13.0 Å². The van der Waals surface area contributed by atoms with Gasteiger partial charge in [0.2, 0.25) is 0 Å². The molecule has 1 atom stereocenters. The molecule has 31 heavy (non-hydrogen) atoms. The Kier molecular flexibility index (Phi) is 6.45. The van der Waals surface area contributed by atoms with Gasteiger partial charge >= 0.3 is 0 Å². The van der Waals surface area contributed by atoms with Gasteiger partial charge in [0.1, 0.15) is 17.7 Å². The topological polar surface area (TPSA) is 81.9 Å². The van der Waals surface area contributed by atoms with Crippen molar-refractivity contribution >= 4 is 5.69 Å². The molecule has 3 fully saturated rings. The molecule has 5 heteroatoms. The normalized spacial score (nSPS) is 28.2. The lowest BCUT2D eigenvalue weighted by molar-refractivity contribution is -0.0143. The van der Waals surface area contributed by atoms with Crippen LogP contribution in [0.3, 0.4) is 0 Å². The Morgan fingerprint density at radius 1 is 1.06 bits per heavy atom. The second-order valence-electron chi connectivity index (χ2n) is 9.82. The third kappa shape index (κ3) is 3.91. The molecule has 3 aliphatic carbocycles. The number of hydrogen-bond acceptors (Lipinski definition) is 4. The summed E-state index contributed by atoms with van der Waals surface area (Å²) < 4.78 is 2.56. The van der Waals surface area contributed by atoms with Crippen molar-refractivity contribution < 1.29 is 0 Å². The minimum absolute atomic E-state index is 0.235. The molecular formula is C26H41N5. The first-order valence-electron chi connectivity index (χ1n) is 12.5. The molecule has 1 aromatic heterocycles. The SMILES string of the molecule is CC.CCCCc1nc2c(n1CC13CCC(CN)(CC1)CC3)-c1ccccc1NC2N. The van der Waals surface area contributed by atoms with Gasteiger partial charge in [0.05, 0.1) is 5.69 Å². The molecule has 0 amide bonds. The predicted octanol–water partition coefficient (Wildman–Crippen LogP) is 5.60. The largest absolute Gasteiger partial charge is 0.364 e. The first kappa shape index (κ1) is 22.3. The molecule has 2 bridgehead atoms. The smallest absolute Gasteiger partial charge is 0.120 e. The van der Waals surface area contributed by atoms with E-state index in [4.69, 9.17) is 16.5 Å². The summed E-state index contributed by atoms with van der Waals surface area (Å²) in [5.74, 6) is 1.22. The fraction of sp³-hybridized carbons (Fsp3) is 0.654. The zero-order valence-electron chi connectivity index (χ0n) is 19.7. The van der Waals surface area contributed by atoms with Crippen LogP contribution in [0, 0.1) is 10.8 Å². The summed E-state index contributed by atoms with van der Waals surface area (Å²) in [7, 11) is 0. The molecular weight excluding hydrogens is 382 g/mol. The molecule has 0 saturated heterocycles. The summed E-state index contributed by atoms with van der Waals surface area (Å²) in [5.41, 5.74) is 18.2. The molecule has 6 rings (SSSR count). The Hall–Kier alpha value is -1.85. The molecule has 2 heterocycles. The Bertz CT molecular complexity index is 875. The highest BCUT2D eigenvalue weighted by molar-refractivity contribution is 5.81. The minimum atomic E-state index is -0.235. The number of aryl methyl sites for hydroxylation is 1. The summed E-state index contributed by atoms with van der Waals surface area (Å²) >= 11 is 0. The van der Waals surface area contributed by atoms with E-state index >= 15 is 0 Å². The molecule has 1 aliphatic heterocycles. The highest BCUT2D eigenvalue weighted by Gasteiger charge is 2.48. The molecule has 4 aliphatic rings. The van der Waals surface area contributed by atoms with E-state index in [0.717, 1.165) is 30.9 Å². The van der Waals surface area contributed by atoms with Gasteiger partial charge in [-0.3, -0.25) is 0 Å². The zero-order valence-corrected chi connectivity index (χ0v) is 19.7. The van der Waals surface area contributed by atoms with Crippen molar-refractivity contribution in [1.29, 1.82) is 0 Å². The van der Waals surface area contributed by atoms with E-state index in [0.29, 0.717) is 10.8 Å². The number of imidazole rings is 1. The van der Waals surface area contributed by atoms with Crippen LogP contribution in [0.25, 0.3) is 11.3 Å². The maximum atomic E-state index is 6.51. The molecule has 170 valence electrons. The standard InChI is InChI=1S/C24H35N5.C2H6/c1-2-3-8-19-28-20-21(17-6-4-5-7-18(17)27-22(20)26)29(19)16-24-12-9-23(15-25,10-13-24)11-14-24;1-2/h4-7,22,27H,2-3,8-16,25-26H2,1H3;1-2H3. The minimum Gasteiger partial charge on any atom is -0.364 e. The molecule has 3 saturated carbocycles. The third-order valence-corrected chi connectivity index (χ3v) is 8.10. The average molecular weight is 424 g/mol. The van der Waals surface area contributed by atoms with Gasteiger partial charge in [-0.15, -0.1) is 0 Å². The first-order chi connectivity index (χ1) is 15.1. The van der Waals surface area contributed by atoms with Crippen LogP contribution in [0.2, 0.25) is 0 Å². The lowest BCUT2D eigenvalue weighted by atomic mass is 9.53. The fourth-order valence-electron chi connectivity index (χ4n) is 5.99. The van der Waals surface area contributed by atoms with Crippen LogP contribution in [0.4, 0.5) is 5.69 Å². The van der Waals surface area contributed by atoms with Crippen molar-refractivity contribution in [3.8, 4) is 11.3 Å². The molecule has 0 radical (unpaired) electrons. The van der Waals surface area contributed by atoms with E-state index in [9.17, 15) is 0 Å². The van der Waals surface area contributed by atoms with Gasteiger partial charge in [0.25, 0.3) is 0 Å². The molecule has 5 N–H and O–H groups in total. The number of unbranched alkanes of at least 4 members (excludes halogenated alkanes) is 1. The number of aromatic nitrogens is 2. The number of benzene rings is 1. The number of rotatable bonds is 6. The summed E-state index contributed by atoms with van der Waals surface area (Å²) in [6, 6.07) is 8.55. The Morgan fingerprint density at radius 2 is 1.71 bits per heavy atom. The molecule has 1 unspecified atom stereocenters. The number of nitrogens with one attached hydrogen (secondary N) is 1. The third-order valence-electron chi connectivity index (χ3n) is 8.10. The number of nitrogens with zero attached hydrogens (tertiary/aromatic N) is 2. The average Bonchev–Trinajstić information content (AvgIpc) is 3.19. The van der Waals surface area contributed by atoms with E-state index in [1.54, 1.807) is 0 Å². The molecule has 5 nitrogen and oxygen atoms in total. The maximum Gasteiger partial charge on any atom is 0.120 e. The highest BCUT2D eigenvalue weighted by atomic mass is 15.2. The number of hydrogen-bond donors (Lipinski definition) is 3.